The predicted molar refractivity (Wildman–Crippen MR) is 261 cm³/mol. The Kier molecular flexibility index (Phi) is 9.47. The molecule has 11 rings (SSSR count). The first kappa shape index (κ1) is 37.6. The maximum absolute atomic E-state index is 5.46. The van der Waals surface area contributed by atoms with Gasteiger partial charge in [-0.25, -0.2) is 0 Å². The lowest BCUT2D eigenvalue weighted by Gasteiger charge is -2.38. The molecule has 62 heavy (non-hydrogen) atoms. The molecule has 1 unspecified atom stereocenters. The molecule has 0 N–H and O–H groups in total. The van der Waals surface area contributed by atoms with Crippen molar-refractivity contribution in [1.82, 2.24) is 4.98 Å². The Hall–Kier alpha value is -7.35. The standard InChI is InChI=1S/C61H47N/c1-41(36-37-43-21-5-3-6-22-43)46-25-14-17-34-55(46)61(54-33-16-9-20-42(54)2)56-35-18-15-26-47(56)52-31-19-32-53(60(52)61)57-39-38-45(40-62-57)59-50-29-12-10-27-48(50)58(44-23-7-4-8-24-44)49-28-11-13-30-51(49)59/h3-35,38-41H,36-37H2,1-2H3/t41-,61?/m1/s1. The van der Waals surface area contributed by atoms with E-state index in [1.54, 1.807) is 0 Å². The molecule has 0 bridgehead atoms. The van der Waals surface area contributed by atoms with Crippen molar-refractivity contribution in [3.63, 3.8) is 0 Å². The molecule has 0 amide bonds. The van der Waals surface area contributed by atoms with Crippen LogP contribution in [0.1, 0.15) is 58.2 Å². The Morgan fingerprint density at radius 2 is 0.968 bits per heavy atom. The van der Waals surface area contributed by atoms with Crippen molar-refractivity contribution in [3.8, 4) is 44.6 Å². The van der Waals surface area contributed by atoms with Gasteiger partial charge >= 0.3 is 0 Å². The van der Waals surface area contributed by atoms with Crippen LogP contribution >= 0.6 is 0 Å². The topological polar surface area (TPSA) is 12.9 Å². The number of aromatic nitrogens is 1. The van der Waals surface area contributed by atoms with Crippen LogP contribution in [0.4, 0.5) is 0 Å². The van der Waals surface area contributed by atoms with Crippen LogP contribution in [0.25, 0.3) is 66.2 Å². The van der Waals surface area contributed by atoms with Crippen molar-refractivity contribution in [1.29, 1.82) is 0 Å². The van der Waals surface area contributed by atoms with Crippen molar-refractivity contribution in [3.05, 3.63) is 257 Å². The third-order valence-electron chi connectivity index (χ3n) is 13.5. The summed E-state index contributed by atoms with van der Waals surface area (Å²) in [5.41, 5.74) is 18.3. The van der Waals surface area contributed by atoms with Crippen LogP contribution in [0, 0.1) is 6.92 Å². The number of benzene rings is 9. The summed E-state index contributed by atoms with van der Waals surface area (Å²) >= 11 is 0. The van der Waals surface area contributed by atoms with Crippen molar-refractivity contribution in [2.45, 2.75) is 38.0 Å². The van der Waals surface area contributed by atoms with Crippen LogP contribution in [0.2, 0.25) is 0 Å². The van der Waals surface area contributed by atoms with Crippen LogP contribution in [0.15, 0.2) is 219 Å². The molecular formula is C61H47N. The maximum atomic E-state index is 5.46. The molecule has 0 saturated carbocycles. The van der Waals surface area contributed by atoms with Gasteiger partial charge in [0.1, 0.15) is 0 Å². The van der Waals surface area contributed by atoms with E-state index in [1.807, 2.05) is 0 Å². The molecule has 1 heterocycles. The van der Waals surface area contributed by atoms with Gasteiger partial charge < -0.3 is 0 Å². The summed E-state index contributed by atoms with van der Waals surface area (Å²) in [6, 6.07) is 78.3. The molecule has 0 radical (unpaired) electrons. The summed E-state index contributed by atoms with van der Waals surface area (Å²) in [5.74, 6) is 0.325. The van der Waals surface area contributed by atoms with Gasteiger partial charge in [0.2, 0.25) is 0 Å². The minimum atomic E-state index is -0.578. The summed E-state index contributed by atoms with van der Waals surface area (Å²) in [4.78, 5) is 5.46. The van der Waals surface area contributed by atoms with E-state index in [9.17, 15) is 0 Å². The molecule has 1 nitrogen and oxygen atoms in total. The summed E-state index contributed by atoms with van der Waals surface area (Å²) in [5, 5.41) is 4.95. The molecule has 0 fully saturated rings. The molecule has 1 heteroatoms. The monoisotopic (exact) mass is 793 g/mol. The van der Waals surface area contributed by atoms with E-state index in [1.165, 1.54) is 88.3 Å². The number of rotatable bonds is 9. The third-order valence-corrected chi connectivity index (χ3v) is 13.5. The normalized spacial score (nSPS) is 14.7. The van der Waals surface area contributed by atoms with Crippen molar-refractivity contribution < 1.29 is 0 Å². The Bertz CT molecular complexity index is 3200. The van der Waals surface area contributed by atoms with Crippen LogP contribution in [-0.2, 0) is 11.8 Å². The number of nitrogens with zero attached hydrogens (tertiary/aromatic N) is 1. The highest BCUT2D eigenvalue weighted by Crippen LogP contribution is 2.60. The molecule has 0 aliphatic heterocycles. The molecule has 1 aliphatic rings. The largest absolute Gasteiger partial charge is 0.256 e. The smallest absolute Gasteiger partial charge is 0.0725 e. The van der Waals surface area contributed by atoms with Crippen LogP contribution < -0.4 is 0 Å². The molecule has 1 aliphatic carbocycles. The SMILES string of the molecule is Cc1ccccc1C1(c2ccccc2[C@H](C)CCc2ccccc2)c2ccccc2-c2cccc(-c3ccc(-c4c5ccccc5c(-c5ccccc5)c5ccccc45)cn3)c21. The molecule has 2 atom stereocenters. The fourth-order valence-electron chi connectivity index (χ4n) is 10.8. The first-order chi connectivity index (χ1) is 30.6. The minimum Gasteiger partial charge on any atom is -0.256 e. The van der Waals surface area contributed by atoms with Gasteiger partial charge in [0, 0.05) is 17.3 Å². The molecule has 296 valence electrons. The minimum absolute atomic E-state index is 0.325. The first-order valence-electron chi connectivity index (χ1n) is 22.0. The fourth-order valence-corrected chi connectivity index (χ4v) is 10.8. The molecular weight excluding hydrogens is 747 g/mol. The zero-order valence-corrected chi connectivity index (χ0v) is 35.2. The van der Waals surface area contributed by atoms with Gasteiger partial charge in [0.05, 0.1) is 11.1 Å². The number of fused-ring (bicyclic) bond motifs is 5. The second-order valence-corrected chi connectivity index (χ2v) is 17.0. The van der Waals surface area contributed by atoms with Gasteiger partial charge in [-0.1, -0.05) is 213 Å². The van der Waals surface area contributed by atoms with E-state index in [0.29, 0.717) is 5.92 Å². The van der Waals surface area contributed by atoms with Gasteiger partial charge in [-0.2, -0.15) is 0 Å². The number of hydrogen-bond acceptors (Lipinski definition) is 1. The van der Waals surface area contributed by atoms with E-state index in [-0.39, 0.29) is 0 Å². The molecule has 9 aromatic carbocycles. The Morgan fingerprint density at radius 3 is 1.63 bits per heavy atom. The Morgan fingerprint density at radius 1 is 0.435 bits per heavy atom. The van der Waals surface area contributed by atoms with Crippen molar-refractivity contribution in [2.24, 2.45) is 0 Å². The predicted octanol–water partition coefficient (Wildman–Crippen LogP) is 15.8. The maximum Gasteiger partial charge on any atom is 0.0725 e. The van der Waals surface area contributed by atoms with Crippen LogP contribution in [-0.4, -0.2) is 4.98 Å². The van der Waals surface area contributed by atoms with E-state index in [0.717, 1.165) is 29.7 Å². The fraction of sp³-hybridized carbons (Fsp3) is 0.0984. The lowest BCUT2D eigenvalue weighted by molar-refractivity contribution is 0.651. The van der Waals surface area contributed by atoms with Crippen molar-refractivity contribution in [2.75, 3.05) is 0 Å². The van der Waals surface area contributed by atoms with E-state index < -0.39 is 5.41 Å². The summed E-state index contributed by atoms with van der Waals surface area (Å²) in [6.07, 6.45) is 4.20. The van der Waals surface area contributed by atoms with Gasteiger partial charge in [0.15, 0.2) is 0 Å². The number of aryl methyl sites for hydroxylation is 2. The number of hydrogen-bond donors (Lipinski definition) is 0. The van der Waals surface area contributed by atoms with Gasteiger partial charge in [0.25, 0.3) is 0 Å². The quantitative estimate of drug-likeness (QED) is 0.133. The average molecular weight is 794 g/mol. The van der Waals surface area contributed by atoms with Crippen LogP contribution in [0.5, 0.6) is 0 Å². The summed E-state index contributed by atoms with van der Waals surface area (Å²) in [7, 11) is 0. The van der Waals surface area contributed by atoms with Gasteiger partial charge in [-0.3, -0.25) is 4.98 Å². The average Bonchev–Trinajstić information content (AvgIpc) is 3.64. The lowest BCUT2D eigenvalue weighted by atomic mass is 9.63. The van der Waals surface area contributed by atoms with E-state index in [4.69, 9.17) is 4.98 Å². The lowest BCUT2D eigenvalue weighted by Crippen LogP contribution is -2.32. The van der Waals surface area contributed by atoms with E-state index in [2.05, 4.69) is 232 Å². The molecule has 0 saturated heterocycles. The van der Waals surface area contributed by atoms with Gasteiger partial charge in [-0.05, 0) is 120 Å². The van der Waals surface area contributed by atoms with Gasteiger partial charge in [-0.15, -0.1) is 0 Å². The second-order valence-electron chi connectivity index (χ2n) is 17.0. The highest BCUT2D eigenvalue weighted by Gasteiger charge is 2.49. The highest BCUT2D eigenvalue weighted by atomic mass is 14.7. The summed E-state index contributed by atoms with van der Waals surface area (Å²) < 4.78 is 0. The first-order valence-corrected chi connectivity index (χ1v) is 22.0. The zero-order chi connectivity index (χ0) is 41.6. The highest BCUT2D eigenvalue weighted by molar-refractivity contribution is 6.21. The molecule has 10 aromatic rings. The van der Waals surface area contributed by atoms with E-state index >= 15 is 0 Å². The summed E-state index contributed by atoms with van der Waals surface area (Å²) in [6.45, 7) is 4.70. The van der Waals surface area contributed by atoms with Crippen LogP contribution in [0.3, 0.4) is 0 Å². The molecule has 0 spiro atoms. The number of pyridine rings is 1. The Balaban J connectivity index is 1.12. The molecule has 1 aromatic heterocycles. The second kappa shape index (κ2) is 15.6. The zero-order valence-electron chi connectivity index (χ0n) is 35.2. The Labute approximate surface area is 365 Å². The third kappa shape index (κ3) is 6.03. The van der Waals surface area contributed by atoms with Crippen molar-refractivity contribution >= 4 is 21.5 Å².